The third kappa shape index (κ3) is 5.88. The Morgan fingerprint density at radius 3 is 1.87 bits per heavy atom. The second kappa shape index (κ2) is 14.4. The first-order chi connectivity index (χ1) is 25.7. The Labute approximate surface area is 302 Å². The molecule has 8 aromatic rings. The Balaban J connectivity index is 1.23. The summed E-state index contributed by atoms with van der Waals surface area (Å²) in [4.78, 5) is 22.8. The Bertz CT molecular complexity index is 2400. The van der Waals surface area contributed by atoms with Crippen LogP contribution in [0.4, 0.5) is 0 Å². The van der Waals surface area contributed by atoms with Gasteiger partial charge in [0.25, 0.3) is 5.56 Å². The molecule has 8 rings (SSSR count). The molecular weight excluding hydrogens is 643 g/mol. The second-order valence-corrected chi connectivity index (χ2v) is 12.9. The Kier molecular flexibility index (Phi) is 9.02. The summed E-state index contributed by atoms with van der Waals surface area (Å²) >= 11 is 0. The van der Waals surface area contributed by atoms with Crippen molar-refractivity contribution in [3.63, 3.8) is 0 Å². The summed E-state index contributed by atoms with van der Waals surface area (Å²) in [6.07, 6.45) is 4.36. The first kappa shape index (κ1) is 32.7. The van der Waals surface area contributed by atoms with Crippen LogP contribution in [0.25, 0.3) is 33.5 Å². The van der Waals surface area contributed by atoms with E-state index >= 15 is 0 Å². The normalized spacial score (nSPS) is 11.6. The molecule has 0 saturated heterocycles. The van der Waals surface area contributed by atoms with Crippen LogP contribution in [-0.2, 0) is 18.5 Å². The van der Waals surface area contributed by atoms with E-state index in [2.05, 4.69) is 126 Å². The van der Waals surface area contributed by atoms with Crippen molar-refractivity contribution in [1.29, 1.82) is 0 Å². The van der Waals surface area contributed by atoms with Crippen LogP contribution < -0.4 is 5.56 Å². The summed E-state index contributed by atoms with van der Waals surface area (Å²) in [5.41, 5.74) is 6.59. The quantitative estimate of drug-likeness (QED) is 0.128. The first-order valence-electron chi connectivity index (χ1n) is 17.7. The van der Waals surface area contributed by atoms with Gasteiger partial charge in [0.05, 0.1) is 11.9 Å². The number of fused-ring (bicyclic) bond motifs is 1. The fraction of sp³-hybridized carbons (Fsp3) is 0.136. The molecule has 8 nitrogen and oxygen atoms in total. The standard InChI is InChI=1S/C44H37N7O/c1-2-3-25-40-46-41-39(24-15-30-45-41)43(52)50(40)31-32-26-28-33(29-27-32)37-22-13-14-23-38(37)42-47-48-49-51(42)44(34-16-7-4-8-17-34,35-18-9-5-10-19-35)36-20-11-6-12-21-36/h4-24,26-30H,2-3,25,31H2,1H3. The highest BCUT2D eigenvalue weighted by Gasteiger charge is 2.42. The highest BCUT2D eigenvalue weighted by atomic mass is 16.1. The highest BCUT2D eigenvalue weighted by Crippen LogP contribution is 2.43. The molecule has 0 atom stereocenters. The zero-order chi connectivity index (χ0) is 35.3. The Morgan fingerprint density at radius 2 is 1.25 bits per heavy atom. The van der Waals surface area contributed by atoms with Crippen molar-refractivity contribution in [2.45, 2.75) is 38.3 Å². The van der Waals surface area contributed by atoms with E-state index in [1.807, 2.05) is 35.0 Å². The molecule has 0 amide bonds. The Hall–Kier alpha value is -6.54. The maximum Gasteiger partial charge on any atom is 0.263 e. The lowest BCUT2D eigenvalue weighted by Gasteiger charge is -2.36. The van der Waals surface area contributed by atoms with Crippen molar-refractivity contribution in [3.8, 4) is 22.5 Å². The van der Waals surface area contributed by atoms with Gasteiger partial charge in [0.2, 0.25) is 0 Å². The number of benzene rings is 5. The van der Waals surface area contributed by atoms with Gasteiger partial charge in [-0.1, -0.05) is 153 Å². The van der Waals surface area contributed by atoms with Crippen LogP contribution in [0.5, 0.6) is 0 Å². The van der Waals surface area contributed by atoms with Crippen LogP contribution in [0.2, 0.25) is 0 Å². The SMILES string of the molecule is CCCCc1nc2ncccc2c(=O)n1Cc1ccc(-c2ccccc2-c2nnnn2C(c2ccccc2)(c2ccccc2)c2ccccc2)cc1. The molecule has 0 aliphatic carbocycles. The Morgan fingerprint density at radius 1 is 0.654 bits per heavy atom. The molecule has 5 aromatic carbocycles. The van der Waals surface area contributed by atoms with E-state index in [1.54, 1.807) is 22.9 Å². The van der Waals surface area contributed by atoms with Crippen molar-refractivity contribution in [2.75, 3.05) is 0 Å². The lowest BCUT2D eigenvalue weighted by atomic mass is 9.77. The summed E-state index contributed by atoms with van der Waals surface area (Å²) in [7, 11) is 0. The van der Waals surface area contributed by atoms with E-state index in [0.717, 1.165) is 64.0 Å². The van der Waals surface area contributed by atoms with Crippen LogP contribution in [0.1, 0.15) is 47.8 Å². The third-order valence-corrected chi connectivity index (χ3v) is 9.70. The van der Waals surface area contributed by atoms with Gasteiger partial charge in [0.1, 0.15) is 11.4 Å². The van der Waals surface area contributed by atoms with Crippen molar-refractivity contribution in [2.24, 2.45) is 0 Å². The predicted octanol–water partition coefficient (Wildman–Crippen LogP) is 8.34. The fourth-order valence-corrected chi connectivity index (χ4v) is 7.18. The van der Waals surface area contributed by atoms with Gasteiger partial charge in [-0.25, -0.2) is 14.6 Å². The first-order valence-corrected chi connectivity index (χ1v) is 17.7. The molecule has 3 heterocycles. The summed E-state index contributed by atoms with van der Waals surface area (Å²) in [6, 6.07) is 51.4. The minimum atomic E-state index is -0.869. The van der Waals surface area contributed by atoms with E-state index < -0.39 is 5.54 Å². The highest BCUT2D eigenvalue weighted by molar-refractivity contribution is 5.81. The van der Waals surface area contributed by atoms with E-state index in [-0.39, 0.29) is 5.56 Å². The smallest absolute Gasteiger partial charge is 0.263 e. The number of unbranched alkanes of at least 4 members (excludes halogenated alkanes) is 1. The number of hydrogen-bond acceptors (Lipinski definition) is 6. The monoisotopic (exact) mass is 679 g/mol. The van der Waals surface area contributed by atoms with E-state index in [9.17, 15) is 4.79 Å². The second-order valence-electron chi connectivity index (χ2n) is 12.9. The summed E-state index contributed by atoms with van der Waals surface area (Å²) in [5.74, 6) is 1.40. The molecule has 0 N–H and O–H groups in total. The molecule has 0 saturated carbocycles. The van der Waals surface area contributed by atoms with Crippen LogP contribution in [0.15, 0.2) is 163 Å². The van der Waals surface area contributed by atoms with Crippen molar-refractivity contribution in [1.82, 2.24) is 34.7 Å². The molecule has 8 heteroatoms. The molecule has 0 fully saturated rings. The number of rotatable bonds is 11. The van der Waals surface area contributed by atoms with Gasteiger partial charge in [-0.05, 0) is 62.4 Å². The average Bonchev–Trinajstić information content (AvgIpc) is 3.70. The van der Waals surface area contributed by atoms with Crippen LogP contribution in [0.3, 0.4) is 0 Å². The van der Waals surface area contributed by atoms with Gasteiger partial charge in [-0.15, -0.1) is 5.10 Å². The van der Waals surface area contributed by atoms with E-state index in [4.69, 9.17) is 15.3 Å². The average molecular weight is 680 g/mol. The summed E-state index contributed by atoms with van der Waals surface area (Å²) in [5, 5.41) is 14.3. The topological polar surface area (TPSA) is 91.4 Å². The largest absolute Gasteiger partial charge is 0.292 e. The van der Waals surface area contributed by atoms with Gasteiger partial charge in [-0.3, -0.25) is 9.36 Å². The summed E-state index contributed by atoms with van der Waals surface area (Å²) < 4.78 is 3.76. The van der Waals surface area contributed by atoms with Crippen LogP contribution >= 0.6 is 0 Å². The molecule has 0 aliphatic heterocycles. The molecule has 0 unspecified atom stereocenters. The lowest BCUT2D eigenvalue weighted by molar-refractivity contribution is 0.451. The van der Waals surface area contributed by atoms with Crippen LogP contribution in [-0.4, -0.2) is 34.7 Å². The van der Waals surface area contributed by atoms with Gasteiger partial charge in [0.15, 0.2) is 11.5 Å². The zero-order valence-corrected chi connectivity index (χ0v) is 28.9. The van der Waals surface area contributed by atoms with Gasteiger partial charge >= 0.3 is 0 Å². The van der Waals surface area contributed by atoms with Gasteiger partial charge in [-0.2, -0.15) is 0 Å². The minimum Gasteiger partial charge on any atom is -0.292 e. The molecular formula is C44H37N7O. The minimum absolute atomic E-state index is 0.0656. The number of pyridine rings is 1. The molecule has 0 bridgehead atoms. The number of tetrazole rings is 1. The number of hydrogen-bond donors (Lipinski definition) is 0. The third-order valence-electron chi connectivity index (χ3n) is 9.70. The number of aryl methyl sites for hydroxylation is 1. The molecule has 0 spiro atoms. The van der Waals surface area contributed by atoms with E-state index in [1.165, 1.54) is 0 Å². The molecule has 0 radical (unpaired) electrons. The molecule has 52 heavy (non-hydrogen) atoms. The predicted molar refractivity (Wildman–Crippen MR) is 205 cm³/mol. The summed E-state index contributed by atoms with van der Waals surface area (Å²) in [6.45, 7) is 2.56. The van der Waals surface area contributed by atoms with E-state index in [0.29, 0.717) is 23.4 Å². The van der Waals surface area contributed by atoms with Gasteiger partial charge < -0.3 is 0 Å². The van der Waals surface area contributed by atoms with Gasteiger partial charge in [0, 0.05) is 18.2 Å². The lowest BCUT2D eigenvalue weighted by Crippen LogP contribution is -2.39. The molecule has 0 aliphatic rings. The number of nitrogens with zero attached hydrogens (tertiary/aromatic N) is 7. The van der Waals surface area contributed by atoms with Crippen molar-refractivity contribution in [3.05, 3.63) is 196 Å². The van der Waals surface area contributed by atoms with Crippen LogP contribution in [0, 0.1) is 0 Å². The maximum absolute atomic E-state index is 13.7. The van der Waals surface area contributed by atoms with Crippen molar-refractivity contribution < 1.29 is 0 Å². The van der Waals surface area contributed by atoms with Crippen molar-refractivity contribution >= 4 is 11.0 Å². The zero-order valence-electron chi connectivity index (χ0n) is 28.9. The molecule has 3 aromatic heterocycles. The molecule has 254 valence electrons. The fourth-order valence-electron chi connectivity index (χ4n) is 7.18. The maximum atomic E-state index is 13.7. The number of aromatic nitrogens is 7.